The van der Waals surface area contributed by atoms with E-state index < -0.39 is 5.97 Å². The summed E-state index contributed by atoms with van der Waals surface area (Å²) in [5, 5.41) is 9.91. The van der Waals surface area contributed by atoms with E-state index in [9.17, 15) is 4.79 Å². The minimum atomic E-state index is -1.08. The molecule has 0 saturated carbocycles. The van der Waals surface area contributed by atoms with E-state index in [1.807, 2.05) is 25.1 Å². The molecule has 0 unspecified atom stereocenters. The van der Waals surface area contributed by atoms with Crippen molar-refractivity contribution in [2.75, 3.05) is 0 Å². The van der Waals surface area contributed by atoms with Gasteiger partial charge in [-0.2, -0.15) is 0 Å². The van der Waals surface area contributed by atoms with Gasteiger partial charge in [0.15, 0.2) is 0 Å². The van der Waals surface area contributed by atoms with Crippen molar-refractivity contribution in [2.45, 2.75) is 6.92 Å². The number of benzene rings is 1. The molecule has 0 radical (unpaired) electrons. The molecule has 84 valence electrons. The summed E-state index contributed by atoms with van der Waals surface area (Å²) in [6.45, 7) is 1.87. The molecule has 0 spiro atoms. The molecule has 0 bridgehead atoms. The van der Waals surface area contributed by atoms with E-state index in [4.69, 9.17) is 9.52 Å². The number of allylic oxidation sites excluding steroid dienone is 1. The van der Waals surface area contributed by atoms with Gasteiger partial charge in [0.05, 0.1) is 5.56 Å². The quantitative estimate of drug-likeness (QED) is 0.814. The molecular formula is C13H9NO3. The van der Waals surface area contributed by atoms with Gasteiger partial charge in [-0.05, 0) is 24.6 Å². The number of hydrogen-bond donors (Lipinski definition) is 1. The Kier molecular flexibility index (Phi) is 1.92. The third-order valence-corrected chi connectivity index (χ3v) is 2.74. The van der Waals surface area contributed by atoms with Gasteiger partial charge in [0.1, 0.15) is 5.58 Å². The number of aromatic carboxylic acids is 1. The van der Waals surface area contributed by atoms with Gasteiger partial charge in [0, 0.05) is 17.3 Å². The van der Waals surface area contributed by atoms with Crippen LogP contribution < -0.4 is 0 Å². The molecule has 1 aromatic heterocycles. The molecule has 0 aliphatic carbocycles. The van der Waals surface area contributed by atoms with E-state index in [0.717, 1.165) is 16.6 Å². The second-order valence-corrected chi connectivity index (χ2v) is 3.91. The Bertz CT molecular complexity index is 692. The topological polar surface area (TPSA) is 62.8 Å². The van der Waals surface area contributed by atoms with Gasteiger partial charge in [-0.1, -0.05) is 12.1 Å². The van der Waals surface area contributed by atoms with Crippen molar-refractivity contribution in [3.05, 3.63) is 40.8 Å². The van der Waals surface area contributed by atoms with E-state index in [2.05, 4.69) is 4.99 Å². The molecule has 2 aromatic rings. The van der Waals surface area contributed by atoms with Crippen LogP contribution >= 0.6 is 0 Å². The number of rotatable bonds is 1. The van der Waals surface area contributed by atoms with Crippen LogP contribution in [0.2, 0.25) is 0 Å². The maximum atomic E-state index is 11.1. The highest BCUT2D eigenvalue weighted by atomic mass is 16.4. The van der Waals surface area contributed by atoms with Crippen LogP contribution in [0.5, 0.6) is 0 Å². The Morgan fingerprint density at radius 1 is 1.41 bits per heavy atom. The number of hydrogen-bond acceptors (Lipinski definition) is 3. The fourth-order valence-corrected chi connectivity index (χ4v) is 2.03. The summed E-state index contributed by atoms with van der Waals surface area (Å²) in [6.07, 6.45) is 3.47. The summed E-state index contributed by atoms with van der Waals surface area (Å²) in [6, 6.07) is 5.52. The van der Waals surface area contributed by atoms with Crippen molar-refractivity contribution in [1.29, 1.82) is 0 Å². The number of carboxylic acid groups (broad SMARTS) is 1. The molecule has 3 rings (SSSR count). The average Bonchev–Trinajstić information content (AvgIpc) is 2.57. The Balaban J connectivity index is 2.48. The maximum Gasteiger partial charge on any atom is 0.372 e. The van der Waals surface area contributed by atoms with Gasteiger partial charge in [0.2, 0.25) is 5.76 Å². The zero-order valence-electron chi connectivity index (χ0n) is 9.10. The van der Waals surface area contributed by atoms with Crippen LogP contribution in [-0.4, -0.2) is 17.3 Å². The Labute approximate surface area is 96.9 Å². The van der Waals surface area contributed by atoms with Gasteiger partial charge in [-0.3, -0.25) is 4.99 Å². The Morgan fingerprint density at radius 3 is 3.00 bits per heavy atom. The van der Waals surface area contributed by atoms with E-state index in [-0.39, 0.29) is 5.76 Å². The van der Waals surface area contributed by atoms with Gasteiger partial charge in [0.25, 0.3) is 0 Å². The van der Waals surface area contributed by atoms with E-state index in [1.165, 1.54) is 0 Å². The highest BCUT2D eigenvalue weighted by Crippen LogP contribution is 2.31. The van der Waals surface area contributed by atoms with E-state index >= 15 is 0 Å². The molecule has 0 amide bonds. The second kappa shape index (κ2) is 3.31. The minimum absolute atomic E-state index is 0.0562. The lowest BCUT2D eigenvalue weighted by molar-refractivity contribution is 0.0665. The van der Waals surface area contributed by atoms with E-state index in [0.29, 0.717) is 11.1 Å². The zero-order valence-corrected chi connectivity index (χ0v) is 9.10. The highest BCUT2D eigenvalue weighted by Gasteiger charge is 2.21. The molecule has 1 aromatic carbocycles. The van der Waals surface area contributed by atoms with Crippen molar-refractivity contribution in [1.82, 2.24) is 0 Å². The first-order valence-electron chi connectivity index (χ1n) is 5.18. The molecule has 0 atom stereocenters. The molecule has 2 heterocycles. The molecule has 1 aliphatic heterocycles. The smallest absolute Gasteiger partial charge is 0.372 e. The first-order valence-corrected chi connectivity index (χ1v) is 5.18. The maximum absolute atomic E-state index is 11.1. The van der Waals surface area contributed by atoms with Crippen LogP contribution in [0, 0.1) is 0 Å². The monoisotopic (exact) mass is 227 g/mol. The summed E-state index contributed by atoms with van der Waals surface area (Å²) in [7, 11) is 0. The van der Waals surface area contributed by atoms with Gasteiger partial charge in [-0.15, -0.1) is 0 Å². The van der Waals surface area contributed by atoms with Crippen molar-refractivity contribution in [3.63, 3.8) is 0 Å². The molecular weight excluding hydrogens is 218 g/mol. The fraction of sp³-hybridized carbons (Fsp3) is 0.0769. The molecule has 4 nitrogen and oxygen atoms in total. The van der Waals surface area contributed by atoms with Gasteiger partial charge >= 0.3 is 5.97 Å². The number of nitrogens with zero attached hydrogens (tertiary/aromatic N) is 1. The predicted octanol–water partition coefficient (Wildman–Crippen LogP) is 2.92. The van der Waals surface area contributed by atoms with Crippen molar-refractivity contribution in [2.24, 2.45) is 4.99 Å². The van der Waals surface area contributed by atoms with Crippen LogP contribution in [0.25, 0.3) is 17.0 Å². The zero-order chi connectivity index (χ0) is 12.0. The van der Waals surface area contributed by atoms with Crippen molar-refractivity contribution < 1.29 is 14.3 Å². The van der Waals surface area contributed by atoms with Crippen LogP contribution in [0.4, 0.5) is 0 Å². The lowest BCUT2D eigenvalue weighted by Gasteiger charge is -1.95. The molecule has 1 N–H and O–H groups in total. The summed E-state index contributed by atoms with van der Waals surface area (Å²) >= 11 is 0. The largest absolute Gasteiger partial charge is 0.475 e. The number of furan rings is 1. The summed E-state index contributed by atoms with van der Waals surface area (Å²) in [4.78, 5) is 15.3. The fourth-order valence-electron chi connectivity index (χ4n) is 2.03. The Morgan fingerprint density at radius 2 is 2.24 bits per heavy atom. The number of carbonyl (C=O) groups is 1. The molecule has 17 heavy (non-hydrogen) atoms. The minimum Gasteiger partial charge on any atom is -0.475 e. The first kappa shape index (κ1) is 9.84. The lowest BCUT2D eigenvalue weighted by atomic mass is 10.1. The molecule has 0 fully saturated rings. The summed E-state index contributed by atoms with van der Waals surface area (Å²) < 4.78 is 5.34. The second-order valence-electron chi connectivity index (χ2n) is 3.91. The molecule has 0 saturated heterocycles. The standard InChI is InChI=1S/C13H9NO3/c1-7-5-8-3-2-4-10-11(8)9(6-14-7)12(17-10)13(15)16/h2-6H,1H3,(H,15,16). The average molecular weight is 227 g/mol. The third kappa shape index (κ3) is 1.38. The number of aliphatic imine (C=N–C) groups is 1. The van der Waals surface area contributed by atoms with Crippen LogP contribution in [0.15, 0.2) is 33.3 Å². The van der Waals surface area contributed by atoms with Crippen molar-refractivity contribution in [3.8, 4) is 0 Å². The lowest BCUT2D eigenvalue weighted by Crippen LogP contribution is -1.98. The van der Waals surface area contributed by atoms with Crippen LogP contribution in [-0.2, 0) is 0 Å². The number of carboxylic acids is 1. The predicted molar refractivity (Wildman–Crippen MR) is 64.4 cm³/mol. The van der Waals surface area contributed by atoms with E-state index in [1.54, 1.807) is 12.3 Å². The molecule has 4 heteroatoms. The molecule has 1 aliphatic rings. The normalized spacial score (nSPS) is 13.6. The van der Waals surface area contributed by atoms with Crippen LogP contribution in [0.1, 0.15) is 28.6 Å². The van der Waals surface area contributed by atoms with Crippen LogP contribution in [0.3, 0.4) is 0 Å². The summed E-state index contributed by atoms with van der Waals surface area (Å²) in [5.74, 6) is -1.13. The SMILES string of the molecule is CC1=Cc2cccc3oc(C(=O)O)c(c23)C=N1. The highest BCUT2D eigenvalue weighted by molar-refractivity contribution is 6.10. The first-order chi connectivity index (χ1) is 8.16. The van der Waals surface area contributed by atoms with Gasteiger partial charge in [-0.25, -0.2) is 4.79 Å². The third-order valence-electron chi connectivity index (χ3n) is 2.74. The summed E-state index contributed by atoms with van der Waals surface area (Å²) in [5.41, 5.74) is 2.89. The van der Waals surface area contributed by atoms with Gasteiger partial charge < -0.3 is 9.52 Å². The Hall–Kier alpha value is -2.36. The van der Waals surface area contributed by atoms with Crippen molar-refractivity contribution >= 4 is 29.2 Å².